The fourth-order valence-corrected chi connectivity index (χ4v) is 3.17. The van der Waals surface area contributed by atoms with Crippen LogP contribution in [0.5, 0.6) is 0 Å². The molecule has 2 atom stereocenters. The molecule has 1 saturated heterocycles. The third kappa shape index (κ3) is 7.11. The molecule has 2 rings (SSSR count). The molecule has 2 amide bonds. The summed E-state index contributed by atoms with van der Waals surface area (Å²) in [6.07, 6.45) is 2.45. The van der Waals surface area contributed by atoms with E-state index in [9.17, 15) is 9.59 Å². The lowest BCUT2D eigenvalue weighted by atomic mass is 10.0. The molecule has 1 aromatic rings. The predicted octanol–water partition coefficient (Wildman–Crippen LogP) is 2.29. The largest absolute Gasteiger partial charge is 0.368 e. The van der Waals surface area contributed by atoms with E-state index in [0.29, 0.717) is 18.9 Å². The van der Waals surface area contributed by atoms with Crippen molar-refractivity contribution in [2.75, 3.05) is 11.9 Å². The highest BCUT2D eigenvalue weighted by Crippen LogP contribution is 2.21. The Kier molecular flexibility index (Phi) is 10.8. The standard InChI is InChI=1S/C18H28N4O2.2ClH/c1-12(2)9-15(19)18(24)21-14-6-3-5-13(10-14)11-22-8-4-7-16(22)17(20)23;;/h3,5-6,10,12,15-16H,4,7-9,11,19H2,1-2H3,(H2,20,23)(H,21,24);2*1H/t15-,16?;;/m0../s1. The maximum atomic E-state index is 12.1. The summed E-state index contributed by atoms with van der Waals surface area (Å²) in [7, 11) is 0. The molecule has 1 heterocycles. The van der Waals surface area contributed by atoms with Crippen LogP contribution in [0.1, 0.15) is 38.7 Å². The Labute approximate surface area is 167 Å². The van der Waals surface area contributed by atoms with Crippen LogP contribution in [-0.4, -0.2) is 35.3 Å². The van der Waals surface area contributed by atoms with Crippen molar-refractivity contribution in [3.63, 3.8) is 0 Å². The predicted molar refractivity (Wildman–Crippen MR) is 110 cm³/mol. The first-order valence-corrected chi connectivity index (χ1v) is 8.55. The highest BCUT2D eigenvalue weighted by molar-refractivity contribution is 5.94. The summed E-state index contributed by atoms with van der Waals surface area (Å²) in [5.74, 6) is -0.0633. The van der Waals surface area contributed by atoms with Crippen LogP contribution in [0.25, 0.3) is 0 Å². The lowest BCUT2D eigenvalue weighted by Crippen LogP contribution is -2.39. The zero-order valence-corrected chi connectivity index (χ0v) is 16.9. The number of carbonyl (C=O) groups is 2. The molecule has 0 aromatic heterocycles. The summed E-state index contributed by atoms with van der Waals surface area (Å²) >= 11 is 0. The van der Waals surface area contributed by atoms with Gasteiger partial charge < -0.3 is 16.8 Å². The van der Waals surface area contributed by atoms with Gasteiger partial charge in [-0.05, 0) is 49.4 Å². The van der Waals surface area contributed by atoms with Crippen LogP contribution in [0.3, 0.4) is 0 Å². The minimum Gasteiger partial charge on any atom is -0.368 e. The molecule has 0 saturated carbocycles. The zero-order chi connectivity index (χ0) is 17.7. The summed E-state index contributed by atoms with van der Waals surface area (Å²) in [4.78, 5) is 25.7. The quantitative estimate of drug-likeness (QED) is 0.648. The number of nitrogens with zero attached hydrogens (tertiary/aromatic N) is 1. The molecule has 1 fully saturated rings. The molecule has 1 aliphatic heterocycles. The summed E-state index contributed by atoms with van der Waals surface area (Å²) < 4.78 is 0. The van der Waals surface area contributed by atoms with E-state index < -0.39 is 6.04 Å². The van der Waals surface area contributed by atoms with Gasteiger partial charge in [-0.1, -0.05) is 26.0 Å². The van der Waals surface area contributed by atoms with Gasteiger partial charge in [0.1, 0.15) is 0 Å². The monoisotopic (exact) mass is 404 g/mol. The summed E-state index contributed by atoms with van der Waals surface area (Å²) in [6.45, 7) is 5.59. The molecule has 0 bridgehead atoms. The molecule has 1 aliphatic rings. The number of rotatable bonds is 7. The minimum absolute atomic E-state index is 0. The average molecular weight is 405 g/mol. The van der Waals surface area contributed by atoms with Crippen LogP contribution in [0.15, 0.2) is 24.3 Å². The number of halogens is 2. The molecule has 148 valence electrons. The fraction of sp³-hybridized carbons (Fsp3) is 0.556. The van der Waals surface area contributed by atoms with Crippen LogP contribution in [0, 0.1) is 5.92 Å². The molecule has 0 aliphatic carbocycles. The molecule has 1 unspecified atom stereocenters. The van der Waals surface area contributed by atoms with E-state index in [2.05, 4.69) is 10.2 Å². The number of anilines is 1. The van der Waals surface area contributed by atoms with Crippen molar-refractivity contribution in [1.82, 2.24) is 4.90 Å². The van der Waals surface area contributed by atoms with Crippen LogP contribution in [-0.2, 0) is 16.1 Å². The maximum Gasteiger partial charge on any atom is 0.241 e. The van der Waals surface area contributed by atoms with Crippen molar-refractivity contribution in [2.45, 2.75) is 51.7 Å². The summed E-state index contributed by atoms with van der Waals surface area (Å²) in [5, 5.41) is 2.87. The van der Waals surface area contributed by atoms with Crippen LogP contribution < -0.4 is 16.8 Å². The molecule has 1 aromatic carbocycles. The van der Waals surface area contributed by atoms with Crippen molar-refractivity contribution in [1.29, 1.82) is 0 Å². The van der Waals surface area contributed by atoms with Gasteiger partial charge in [-0.2, -0.15) is 0 Å². The maximum absolute atomic E-state index is 12.1. The number of nitrogens with one attached hydrogen (secondary N) is 1. The molecular formula is C18H30Cl2N4O2. The Morgan fingerprint density at radius 2 is 2.00 bits per heavy atom. The summed E-state index contributed by atoms with van der Waals surface area (Å²) in [6, 6.07) is 6.96. The van der Waals surface area contributed by atoms with Crippen LogP contribution in [0.2, 0.25) is 0 Å². The number of hydrogen-bond donors (Lipinski definition) is 3. The van der Waals surface area contributed by atoms with Crippen molar-refractivity contribution >= 4 is 42.3 Å². The second-order valence-corrected chi connectivity index (χ2v) is 6.96. The van der Waals surface area contributed by atoms with Gasteiger partial charge in [-0.25, -0.2) is 0 Å². The Morgan fingerprint density at radius 1 is 1.31 bits per heavy atom. The SMILES string of the molecule is CC(C)C[C@H](N)C(=O)Nc1cccc(CN2CCCC2C(N)=O)c1.Cl.Cl. The van der Waals surface area contributed by atoms with Crippen molar-refractivity contribution < 1.29 is 9.59 Å². The van der Waals surface area contributed by atoms with Gasteiger partial charge in [0.15, 0.2) is 0 Å². The highest BCUT2D eigenvalue weighted by Gasteiger charge is 2.28. The number of primary amides is 1. The van der Waals surface area contributed by atoms with Crippen molar-refractivity contribution in [2.24, 2.45) is 17.4 Å². The number of hydrogen-bond acceptors (Lipinski definition) is 4. The first-order chi connectivity index (χ1) is 11.4. The molecule has 26 heavy (non-hydrogen) atoms. The Morgan fingerprint density at radius 3 is 2.62 bits per heavy atom. The second kappa shape index (κ2) is 11.4. The van der Waals surface area contributed by atoms with Gasteiger partial charge in [0.25, 0.3) is 0 Å². The lowest BCUT2D eigenvalue weighted by molar-refractivity contribution is -0.122. The molecule has 8 heteroatoms. The molecular weight excluding hydrogens is 375 g/mol. The molecule has 6 nitrogen and oxygen atoms in total. The van der Waals surface area contributed by atoms with E-state index in [1.165, 1.54) is 0 Å². The van der Waals surface area contributed by atoms with Gasteiger partial charge in [0, 0.05) is 12.2 Å². The van der Waals surface area contributed by atoms with Crippen LogP contribution in [0.4, 0.5) is 5.69 Å². The summed E-state index contributed by atoms with van der Waals surface area (Å²) in [5.41, 5.74) is 13.1. The number of carbonyl (C=O) groups excluding carboxylic acids is 2. The van der Waals surface area contributed by atoms with Crippen molar-refractivity contribution in [3.05, 3.63) is 29.8 Å². The number of amides is 2. The minimum atomic E-state index is -0.508. The lowest BCUT2D eigenvalue weighted by Gasteiger charge is -2.22. The molecule has 0 radical (unpaired) electrons. The number of benzene rings is 1. The van der Waals surface area contributed by atoms with Gasteiger partial charge >= 0.3 is 0 Å². The normalized spacial score (nSPS) is 17.9. The smallest absolute Gasteiger partial charge is 0.241 e. The van der Waals surface area contributed by atoms with E-state index in [0.717, 1.165) is 30.6 Å². The third-order valence-electron chi connectivity index (χ3n) is 4.33. The highest BCUT2D eigenvalue weighted by atomic mass is 35.5. The Bertz CT molecular complexity index is 598. The number of nitrogens with two attached hydrogens (primary N) is 2. The van der Waals surface area contributed by atoms with Gasteiger partial charge in [0.05, 0.1) is 12.1 Å². The molecule has 0 spiro atoms. The van der Waals surface area contributed by atoms with E-state index in [-0.39, 0.29) is 42.7 Å². The van der Waals surface area contributed by atoms with E-state index in [1.807, 2.05) is 38.1 Å². The van der Waals surface area contributed by atoms with Gasteiger partial charge in [-0.3, -0.25) is 14.5 Å². The topological polar surface area (TPSA) is 101 Å². The van der Waals surface area contributed by atoms with Crippen LogP contribution >= 0.6 is 24.8 Å². The van der Waals surface area contributed by atoms with Gasteiger partial charge in [0.2, 0.25) is 11.8 Å². The van der Waals surface area contributed by atoms with Crippen molar-refractivity contribution in [3.8, 4) is 0 Å². The Hall–Kier alpha value is -1.34. The van der Waals surface area contributed by atoms with E-state index in [1.54, 1.807) is 0 Å². The average Bonchev–Trinajstić information content (AvgIpc) is 2.95. The zero-order valence-electron chi connectivity index (χ0n) is 15.3. The van der Waals surface area contributed by atoms with E-state index >= 15 is 0 Å². The third-order valence-corrected chi connectivity index (χ3v) is 4.33. The molecule has 5 N–H and O–H groups in total. The fourth-order valence-electron chi connectivity index (χ4n) is 3.17. The number of likely N-dealkylation sites (tertiary alicyclic amines) is 1. The van der Waals surface area contributed by atoms with E-state index in [4.69, 9.17) is 11.5 Å². The first-order valence-electron chi connectivity index (χ1n) is 8.55. The van der Waals surface area contributed by atoms with Gasteiger partial charge in [-0.15, -0.1) is 24.8 Å². The second-order valence-electron chi connectivity index (χ2n) is 6.96. The first kappa shape index (κ1) is 24.7. The Balaban J connectivity index is 0.00000312.